The molecule has 0 aromatic heterocycles. The molecular formula is C25H30ClNO4SSi. The summed E-state index contributed by atoms with van der Waals surface area (Å²) in [5.41, 5.74) is -0.571. The maximum atomic E-state index is 13.4. The van der Waals surface area contributed by atoms with Gasteiger partial charge in [-0.3, -0.25) is 0 Å². The SMILES string of the molecule is CC(O[Si](C)(C)C)C(NS(=O)(=O)c1ccc(Cl)cc1)C(O)(c1ccccc1)c1ccccc1. The first-order valence-corrected chi connectivity index (χ1v) is 16.0. The summed E-state index contributed by atoms with van der Waals surface area (Å²) in [6.07, 6.45) is -0.635. The van der Waals surface area contributed by atoms with Crippen molar-refractivity contribution in [1.29, 1.82) is 0 Å². The summed E-state index contributed by atoms with van der Waals surface area (Å²) in [5, 5.41) is 12.8. The van der Waals surface area contributed by atoms with Crippen LogP contribution in [0.2, 0.25) is 24.7 Å². The van der Waals surface area contributed by atoms with Gasteiger partial charge in [0.1, 0.15) is 5.60 Å². The number of sulfonamides is 1. The zero-order valence-electron chi connectivity index (χ0n) is 19.2. The molecule has 2 unspecified atom stereocenters. The van der Waals surface area contributed by atoms with Gasteiger partial charge < -0.3 is 9.53 Å². The summed E-state index contributed by atoms with van der Waals surface area (Å²) in [6.45, 7) is 7.87. The molecule has 0 saturated heterocycles. The first-order chi connectivity index (χ1) is 15.4. The third-order valence-corrected chi connectivity index (χ3v) is 8.08. The van der Waals surface area contributed by atoms with Crippen LogP contribution in [0, 0.1) is 0 Å². The zero-order chi connectivity index (χ0) is 24.3. The Morgan fingerprint density at radius 3 is 1.76 bits per heavy atom. The maximum Gasteiger partial charge on any atom is 0.241 e. The Balaban J connectivity index is 2.18. The Hall–Kier alpha value is -2.00. The molecule has 2 atom stereocenters. The third kappa shape index (κ3) is 6.12. The molecule has 0 heterocycles. The highest BCUT2D eigenvalue weighted by Gasteiger charge is 2.46. The van der Waals surface area contributed by atoms with E-state index in [2.05, 4.69) is 4.72 Å². The van der Waals surface area contributed by atoms with Crippen molar-refractivity contribution in [3.05, 3.63) is 101 Å². The van der Waals surface area contributed by atoms with E-state index in [4.69, 9.17) is 16.0 Å². The van der Waals surface area contributed by atoms with Gasteiger partial charge in [-0.15, -0.1) is 0 Å². The first-order valence-electron chi connectivity index (χ1n) is 10.7. The molecule has 3 rings (SSSR count). The van der Waals surface area contributed by atoms with Gasteiger partial charge >= 0.3 is 0 Å². The van der Waals surface area contributed by atoms with Gasteiger partial charge in [-0.05, 0) is 62.0 Å². The minimum Gasteiger partial charge on any atom is -0.413 e. The fourth-order valence-corrected chi connectivity index (χ4v) is 6.61. The maximum absolute atomic E-state index is 13.4. The van der Waals surface area contributed by atoms with Crippen molar-refractivity contribution in [2.24, 2.45) is 0 Å². The molecule has 3 aromatic carbocycles. The first kappa shape index (κ1) is 25.6. The van der Waals surface area contributed by atoms with E-state index in [1.54, 1.807) is 31.2 Å². The molecule has 3 aromatic rings. The van der Waals surface area contributed by atoms with E-state index in [0.29, 0.717) is 16.1 Å². The highest BCUT2D eigenvalue weighted by Crippen LogP contribution is 2.36. The molecule has 0 radical (unpaired) electrons. The molecule has 2 N–H and O–H groups in total. The van der Waals surface area contributed by atoms with E-state index in [1.165, 1.54) is 24.3 Å². The van der Waals surface area contributed by atoms with Crippen molar-refractivity contribution < 1.29 is 18.0 Å². The van der Waals surface area contributed by atoms with Crippen LogP contribution in [0.25, 0.3) is 0 Å². The van der Waals surface area contributed by atoms with Gasteiger partial charge in [-0.25, -0.2) is 13.1 Å². The number of hydrogen-bond acceptors (Lipinski definition) is 4. The molecule has 0 aliphatic rings. The van der Waals surface area contributed by atoms with Crippen LogP contribution in [0.4, 0.5) is 0 Å². The normalized spacial score (nSPS) is 14.6. The Kier molecular flexibility index (Phi) is 7.83. The average molecular weight is 504 g/mol. The number of benzene rings is 3. The minimum absolute atomic E-state index is 0.0561. The molecule has 176 valence electrons. The largest absolute Gasteiger partial charge is 0.413 e. The van der Waals surface area contributed by atoms with Gasteiger partial charge in [0.05, 0.1) is 17.0 Å². The Labute approximate surface area is 202 Å². The lowest BCUT2D eigenvalue weighted by Crippen LogP contribution is -2.58. The van der Waals surface area contributed by atoms with E-state index in [-0.39, 0.29) is 4.90 Å². The molecule has 0 bridgehead atoms. The monoisotopic (exact) mass is 503 g/mol. The van der Waals surface area contributed by atoms with E-state index in [9.17, 15) is 13.5 Å². The molecular weight excluding hydrogens is 474 g/mol. The summed E-state index contributed by atoms with van der Waals surface area (Å²) in [5.74, 6) is 0. The van der Waals surface area contributed by atoms with Crippen LogP contribution >= 0.6 is 11.6 Å². The number of nitrogens with one attached hydrogen (secondary N) is 1. The van der Waals surface area contributed by atoms with E-state index in [1.807, 2.05) is 56.0 Å². The highest BCUT2D eigenvalue weighted by molar-refractivity contribution is 7.89. The van der Waals surface area contributed by atoms with Crippen molar-refractivity contribution in [1.82, 2.24) is 4.72 Å². The van der Waals surface area contributed by atoms with Crippen molar-refractivity contribution in [3.8, 4) is 0 Å². The van der Waals surface area contributed by atoms with Gasteiger partial charge in [-0.1, -0.05) is 72.3 Å². The van der Waals surface area contributed by atoms with E-state index in [0.717, 1.165) is 0 Å². The second kappa shape index (κ2) is 10.1. The standard InChI is InChI=1S/C25H30ClNO4SSi/c1-19(31-33(2,3)4)24(27-32(29,30)23-17-15-22(26)16-18-23)25(28,20-11-7-5-8-12-20)21-13-9-6-10-14-21/h5-19,24,27-28H,1-4H3. The molecule has 33 heavy (non-hydrogen) atoms. The van der Waals surface area contributed by atoms with Crippen LogP contribution in [0.5, 0.6) is 0 Å². The van der Waals surface area contributed by atoms with Gasteiger partial charge in [0.15, 0.2) is 8.32 Å². The lowest BCUT2D eigenvalue weighted by Gasteiger charge is -2.42. The van der Waals surface area contributed by atoms with Gasteiger partial charge in [0, 0.05) is 5.02 Å². The van der Waals surface area contributed by atoms with Crippen molar-refractivity contribution in [2.75, 3.05) is 0 Å². The summed E-state index contributed by atoms with van der Waals surface area (Å²) in [7, 11) is -6.10. The topological polar surface area (TPSA) is 75.6 Å². The number of aliphatic hydroxyl groups is 1. The van der Waals surface area contributed by atoms with Crippen LogP contribution in [0.3, 0.4) is 0 Å². The lowest BCUT2D eigenvalue weighted by molar-refractivity contribution is -0.000965. The molecule has 0 saturated carbocycles. The molecule has 5 nitrogen and oxygen atoms in total. The van der Waals surface area contributed by atoms with Crippen LogP contribution in [0.1, 0.15) is 18.1 Å². The zero-order valence-corrected chi connectivity index (χ0v) is 21.8. The molecule has 0 spiro atoms. The smallest absolute Gasteiger partial charge is 0.241 e. The Bertz CT molecular complexity index is 1110. The molecule has 0 fully saturated rings. The predicted octanol–water partition coefficient (Wildman–Crippen LogP) is 5.16. The summed E-state index contributed by atoms with van der Waals surface area (Å²) in [6, 6.07) is 23.0. The van der Waals surface area contributed by atoms with E-state index < -0.39 is 36.1 Å². The molecule has 0 aliphatic heterocycles. The predicted molar refractivity (Wildman–Crippen MR) is 135 cm³/mol. The second-order valence-corrected chi connectivity index (χ2v) is 15.6. The number of hydrogen-bond donors (Lipinski definition) is 2. The fourth-order valence-electron chi connectivity index (χ4n) is 3.91. The molecule has 0 amide bonds. The van der Waals surface area contributed by atoms with Crippen molar-refractivity contribution in [3.63, 3.8) is 0 Å². The molecule has 8 heteroatoms. The third-order valence-electron chi connectivity index (χ3n) is 5.29. The quantitative estimate of drug-likeness (QED) is 0.395. The minimum atomic E-state index is -4.01. The van der Waals surface area contributed by atoms with Crippen LogP contribution < -0.4 is 4.72 Å². The summed E-state index contributed by atoms with van der Waals surface area (Å²) < 4.78 is 35.9. The average Bonchev–Trinajstić information content (AvgIpc) is 2.77. The number of rotatable bonds is 9. The van der Waals surface area contributed by atoms with Gasteiger partial charge in [0.25, 0.3) is 0 Å². The summed E-state index contributed by atoms with van der Waals surface area (Å²) >= 11 is 5.95. The van der Waals surface area contributed by atoms with Crippen molar-refractivity contribution in [2.45, 2.75) is 49.2 Å². The second-order valence-electron chi connectivity index (χ2n) is 8.99. The lowest BCUT2D eigenvalue weighted by atomic mass is 9.78. The van der Waals surface area contributed by atoms with E-state index >= 15 is 0 Å². The summed E-state index contributed by atoms with van der Waals surface area (Å²) in [4.78, 5) is 0.0561. The Morgan fingerprint density at radius 2 is 1.33 bits per heavy atom. The molecule has 0 aliphatic carbocycles. The van der Waals surface area contributed by atoms with Crippen molar-refractivity contribution >= 4 is 29.9 Å². The Morgan fingerprint density at radius 1 is 0.879 bits per heavy atom. The van der Waals surface area contributed by atoms with Crippen LogP contribution in [-0.2, 0) is 20.1 Å². The van der Waals surface area contributed by atoms with Gasteiger partial charge in [0.2, 0.25) is 10.0 Å². The van der Waals surface area contributed by atoms with Crippen LogP contribution in [-0.4, -0.2) is 34.0 Å². The van der Waals surface area contributed by atoms with Gasteiger partial charge in [-0.2, -0.15) is 0 Å². The van der Waals surface area contributed by atoms with Crippen LogP contribution in [0.15, 0.2) is 89.8 Å². The number of halogens is 1. The highest BCUT2D eigenvalue weighted by atomic mass is 35.5. The fraction of sp³-hybridized carbons (Fsp3) is 0.280.